The molecule has 0 amide bonds. The Morgan fingerprint density at radius 3 is 1.77 bits per heavy atom. The van der Waals surface area contributed by atoms with E-state index < -0.39 is 30.7 Å². The van der Waals surface area contributed by atoms with Crippen molar-refractivity contribution in [1.29, 1.82) is 0 Å². The van der Waals surface area contributed by atoms with Crippen LogP contribution in [-0.4, -0.2) is 52.1 Å². The third kappa shape index (κ3) is 5.72. The van der Waals surface area contributed by atoms with Crippen molar-refractivity contribution >= 4 is 48.9 Å². The Balaban J connectivity index is 2.15. The molecule has 3 N–H and O–H groups in total. The molecule has 1 aliphatic carbocycles. The Morgan fingerprint density at radius 1 is 0.641 bits per heavy atom. The van der Waals surface area contributed by atoms with Crippen molar-refractivity contribution in [2.24, 2.45) is 0 Å². The van der Waals surface area contributed by atoms with Gasteiger partial charge in [-0.1, -0.05) is 24.3 Å². The van der Waals surface area contributed by atoms with Gasteiger partial charge in [0, 0.05) is 16.7 Å². The van der Waals surface area contributed by atoms with Crippen LogP contribution < -0.4 is 10.4 Å². The molecule has 4 rings (SSSR count). The fourth-order valence-corrected chi connectivity index (χ4v) is 4.85. The number of hydrogen-bond acceptors (Lipinski definition) is 6. The first-order valence-corrected chi connectivity index (χ1v) is 11.8. The molecule has 0 fully saturated rings. The van der Waals surface area contributed by atoms with Crippen molar-refractivity contribution in [1.82, 2.24) is 0 Å². The number of carbonyl (C=O) groups excluding carboxylic acids is 3. The van der Waals surface area contributed by atoms with E-state index in [1.54, 1.807) is 42.5 Å². The maximum atomic E-state index is 12.2. The van der Waals surface area contributed by atoms with Crippen LogP contribution in [0, 0.1) is 0 Å². The first-order chi connectivity index (χ1) is 18.6. The summed E-state index contributed by atoms with van der Waals surface area (Å²) in [4.78, 5) is 70.3. The number of aldehydes is 3. The zero-order valence-corrected chi connectivity index (χ0v) is 20.5. The summed E-state index contributed by atoms with van der Waals surface area (Å²) < 4.78 is 0. The highest BCUT2D eigenvalue weighted by Gasteiger charge is 2.18. The molecular formula is C30H22O9. The van der Waals surface area contributed by atoms with Gasteiger partial charge in [0.15, 0.2) is 6.29 Å². The van der Waals surface area contributed by atoms with E-state index in [0.717, 1.165) is 0 Å². The molecule has 39 heavy (non-hydrogen) atoms. The average molecular weight is 526 g/mol. The number of carboxylic acid groups (broad SMARTS) is 3. The number of hydrogen-bond donors (Lipinski definition) is 3. The summed E-state index contributed by atoms with van der Waals surface area (Å²) in [6, 6.07) is 9.46. The lowest BCUT2D eigenvalue weighted by atomic mass is 9.89. The molecule has 0 radical (unpaired) electrons. The van der Waals surface area contributed by atoms with E-state index in [0.29, 0.717) is 57.1 Å². The lowest BCUT2D eigenvalue weighted by Gasteiger charge is -2.14. The van der Waals surface area contributed by atoms with Crippen LogP contribution in [0.15, 0.2) is 36.4 Å². The first kappa shape index (κ1) is 26.9. The van der Waals surface area contributed by atoms with Crippen LogP contribution in [0.1, 0.15) is 70.0 Å². The van der Waals surface area contributed by atoms with Crippen molar-refractivity contribution in [2.75, 3.05) is 0 Å². The predicted octanol–water partition coefficient (Wildman–Crippen LogP) is 1.57. The molecule has 3 aromatic carbocycles. The van der Waals surface area contributed by atoms with Crippen molar-refractivity contribution in [3.05, 3.63) is 102 Å². The average Bonchev–Trinajstić information content (AvgIpc) is 2.92. The second kappa shape index (κ2) is 11.1. The van der Waals surface area contributed by atoms with Crippen molar-refractivity contribution in [3.63, 3.8) is 0 Å². The Labute approximate surface area is 221 Å². The lowest BCUT2D eigenvalue weighted by Crippen LogP contribution is -2.31. The molecule has 0 unspecified atom stereocenters. The highest BCUT2D eigenvalue weighted by molar-refractivity contribution is 5.86. The van der Waals surface area contributed by atoms with Gasteiger partial charge in [-0.25, -0.2) is 0 Å². The van der Waals surface area contributed by atoms with Gasteiger partial charge in [-0.3, -0.25) is 28.8 Å². The third-order valence-electron chi connectivity index (χ3n) is 6.60. The van der Waals surface area contributed by atoms with Gasteiger partial charge in [0.1, 0.15) is 12.6 Å². The summed E-state index contributed by atoms with van der Waals surface area (Å²) in [5.74, 6) is -3.39. The minimum atomic E-state index is -1.14. The lowest BCUT2D eigenvalue weighted by molar-refractivity contribution is -0.137. The van der Waals surface area contributed by atoms with Gasteiger partial charge < -0.3 is 15.3 Å². The number of carboxylic acids is 3. The summed E-state index contributed by atoms with van der Waals surface area (Å²) in [5.41, 5.74) is 3.64. The van der Waals surface area contributed by atoms with E-state index in [4.69, 9.17) is 0 Å². The summed E-state index contributed by atoms with van der Waals surface area (Å²) in [7, 11) is 0. The number of fused-ring (bicyclic) bond motifs is 3. The van der Waals surface area contributed by atoms with Crippen molar-refractivity contribution in [3.8, 4) is 0 Å². The van der Waals surface area contributed by atoms with Crippen LogP contribution in [0.25, 0.3) is 12.2 Å². The molecule has 3 aromatic rings. The van der Waals surface area contributed by atoms with E-state index in [1.807, 2.05) is 0 Å². The van der Waals surface area contributed by atoms with Gasteiger partial charge in [-0.05, 0) is 80.1 Å². The molecule has 0 aromatic heterocycles. The second-order valence-electron chi connectivity index (χ2n) is 9.17. The summed E-state index contributed by atoms with van der Waals surface area (Å²) in [6.45, 7) is 0. The summed E-state index contributed by atoms with van der Waals surface area (Å²) in [6.07, 6.45) is 4.05. The number of carbonyl (C=O) groups is 6. The van der Waals surface area contributed by atoms with Gasteiger partial charge in [0.25, 0.3) is 0 Å². The molecule has 0 atom stereocenters. The molecule has 1 aliphatic rings. The highest BCUT2D eigenvalue weighted by atomic mass is 16.4. The second-order valence-corrected chi connectivity index (χ2v) is 9.17. The molecule has 0 aliphatic heterocycles. The largest absolute Gasteiger partial charge is 0.481 e. The zero-order chi connectivity index (χ0) is 28.3. The molecule has 0 saturated heterocycles. The molecule has 0 bridgehead atoms. The van der Waals surface area contributed by atoms with Gasteiger partial charge >= 0.3 is 17.9 Å². The SMILES string of the molecule is O=Cc1cc2c(cc1CC(=O)O)/C=c1/c(C=O)c(CC(=O)O)cc/c1=C/c1cc(C=O)c(CC(=O)O)cc1C2. The fraction of sp³-hybridized carbons (Fsp3) is 0.133. The minimum absolute atomic E-state index is 0.137. The van der Waals surface area contributed by atoms with E-state index in [2.05, 4.69) is 0 Å². The smallest absolute Gasteiger partial charge is 0.307 e. The molecule has 0 spiro atoms. The van der Waals surface area contributed by atoms with Crippen LogP contribution in [0.2, 0.25) is 0 Å². The summed E-state index contributed by atoms with van der Waals surface area (Å²) in [5, 5.41) is 29.0. The van der Waals surface area contributed by atoms with E-state index in [9.17, 15) is 44.1 Å². The number of rotatable bonds is 9. The summed E-state index contributed by atoms with van der Waals surface area (Å²) >= 11 is 0. The monoisotopic (exact) mass is 526 g/mol. The number of aliphatic carboxylic acids is 3. The molecule has 0 saturated carbocycles. The molecule has 9 nitrogen and oxygen atoms in total. The Morgan fingerprint density at radius 2 is 1.18 bits per heavy atom. The molecule has 0 heterocycles. The Bertz CT molecular complexity index is 1700. The van der Waals surface area contributed by atoms with Crippen LogP contribution in [0.3, 0.4) is 0 Å². The van der Waals surface area contributed by atoms with Crippen molar-refractivity contribution < 1.29 is 44.1 Å². The maximum absolute atomic E-state index is 12.2. The van der Waals surface area contributed by atoms with Crippen LogP contribution in [-0.2, 0) is 40.1 Å². The van der Waals surface area contributed by atoms with E-state index in [-0.39, 0.29) is 40.7 Å². The Hall–Kier alpha value is -5.18. The zero-order valence-electron chi connectivity index (χ0n) is 20.5. The Kier molecular flexibility index (Phi) is 7.62. The van der Waals surface area contributed by atoms with Gasteiger partial charge in [-0.2, -0.15) is 0 Å². The molecule has 196 valence electrons. The van der Waals surface area contributed by atoms with Crippen molar-refractivity contribution in [2.45, 2.75) is 25.7 Å². The first-order valence-electron chi connectivity index (χ1n) is 11.8. The number of benzene rings is 3. The van der Waals surface area contributed by atoms with Gasteiger partial charge in [-0.15, -0.1) is 0 Å². The van der Waals surface area contributed by atoms with Gasteiger partial charge in [0.05, 0.1) is 19.3 Å². The van der Waals surface area contributed by atoms with Crippen LogP contribution in [0.4, 0.5) is 0 Å². The maximum Gasteiger partial charge on any atom is 0.307 e. The minimum Gasteiger partial charge on any atom is -0.481 e. The fourth-order valence-electron chi connectivity index (χ4n) is 4.85. The van der Waals surface area contributed by atoms with E-state index >= 15 is 0 Å². The molecule has 9 heteroatoms. The normalized spacial score (nSPS) is 13.3. The van der Waals surface area contributed by atoms with Crippen LogP contribution in [0.5, 0.6) is 0 Å². The predicted molar refractivity (Wildman–Crippen MR) is 139 cm³/mol. The van der Waals surface area contributed by atoms with E-state index in [1.165, 1.54) is 6.07 Å². The van der Waals surface area contributed by atoms with Gasteiger partial charge in [0.2, 0.25) is 0 Å². The quantitative estimate of drug-likeness (QED) is 0.275. The molecular weight excluding hydrogens is 504 g/mol. The highest BCUT2D eigenvalue weighted by Crippen LogP contribution is 2.26. The third-order valence-corrected chi connectivity index (χ3v) is 6.60. The standard InChI is InChI=1S/C30H22O9/c31-13-24-7-18-3-16-1-2-17(10-28(34)35)27(15-33)26(16)9-21-6-23(12-30(38)39)25(14-32)8-20(21)4-19(18)5-22(24)11-29(36)37/h1-3,5-9,13-15H,4,10-12H2,(H,34,35)(H,36,37)(H,38,39)/b16-3-,26-9+. The van der Waals surface area contributed by atoms with Crippen LogP contribution >= 0.6 is 0 Å². The topological polar surface area (TPSA) is 163 Å².